The molecule has 0 rings (SSSR count). The van der Waals surface area contributed by atoms with Crippen LogP contribution in [0.15, 0.2) is 48.6 Å². The first-order chi connectivity index (χ1) is 39.0. The molecular weight excluding hydrogens is 973 g/mol. The Hall–Kier alpha value is -2.63. The molecule has 0 aromatic carbocycles. The number of allylic oxidation sites excluding steroid dienone is 8. The lowest BCUT2D eigenvalue weighted by atomic mass is 10.0. The zero-order valence-corrected chi connectivity index (χ0v) is 53.2. The predicted octanol–water partition coefficient (Wildman–Crippen LogP) is 24.1. The number of unbranched alkanes of at least 4 members (excludes halogenated alkanes) is 46. The number of rotatable bonds is 65. The third-order valence-corrected chi connectivity index (χ3v) is 15.8. The zero-order valence-electron chi connectivity index (χ0n) is 53.2. The van der Waals surface area contributed by atoms with Crippen LogP contribution in [0.25, 0.3) is 0 Å². The van der Waals surface area contributed by atoms with Crippen LogP contribution >= 0.6 is 0 Å². The molecule has 79 heavy (non-hydrogen) atoms. The third kappa shape index (κ3) is 66.1. The molecule has 0 heterocycles. The standard InChI is InChI=1S/C73H134O6/c1-4-7-10-13-16-19-22-25-28-31-34-36-39-42-45-48-51-54-57-60-63-66-72(75)78-69-70(68-77-71(74)65-62-59-56-53-50-47-44-41-38-33-30-27-24-21-18-15-12-9-6-3)79-73(76)67-64-61-58-55-52-49-46-43-40-37-35-32-29-26-23-20-17-14-11-8-5-2/h22,25,27,30-31,34,39,42,70H,4-21,23-24,26,28-29,32-33,35-38,40-41,43-69H2,1-3H3/b25-22-,30-27-,34-31-,42-39-. The molecule has 6 heteroatoms. The van der Waals surface area contributed by atoms with E-state index in [9.17, 15) is 14.4 Å². The van der Waals surface area contributed by atoms with E-state index in [1.807, 2.05) is 0 Å². The van der Waals surface area contributed by atoms with Crippen LogP contribution in [0.5, 0.6) is 0 Å². The second-order valence-electron chi connectivity index (χ2n) is 23.8. The Morgan fingerprint density at radius 1 is 0.253 bits per heavy atom. The summed E-state index contributed by atoms with van der Waals surface area (Å²) in [6, 6.07) is 0. The minimum absolute atomic E-state index is 0.0745. The van der Waals surface area contributed by atoms with E-state index in [0.717, 1.165) is 77.0 Å². The maximum absolute atomic E-state index is 13.0. The Bertz CT molecular complexity index is 1360. The van der Waals surface area contributed by atoms with Gasteiger partial charge in [0.15, 0.2) is 6.10 Å². The van der Waals surface area contributed by atoms with Crippen molar-refractivity contribution in [3.8, 4) is 0 Å². The fraction of sp³-hybridized carbons (Fsp3) is 0.849. The highest BCUT2D eigenvalue weighted by Crippen LogP contribution is 2.18. The van der Waals surface area contributed by atoms with Crippen LogP contribution in [0, 0.1) is 0 Å². The van der Waals surface area contributed by atoms with Crippen molar-refractivity contribution in [2.45, 2.75) is 386 Å². The van der Waals surface area contributed by atoms with Gasteiger partial charge in [-0.25, -0.2) is 0 Å². The maximum atomic E-state index is 13.0. The van der Waals surface area contributed by atoms with E-state index >= 15 is 0 Å². The second kappa shape index (κ2) is 67.9. The molecule has 0 bridgehead atoms. The topological polar surface area (TPSA) is 78.9 Å². The van der Waals surface area contributed by atoms with Gasteiger partial charge < -0.3 is 14.2 Å². The van der Waals surface area contributed by atoms with Gasteiger partial charge in [0.2, 0.25) is 0 Å². The monoisotopic (exact) mass is 1110 g/mol. The van der Waals surface area contributed by atoms with Crippen LogP contribution < -0.4 is 0 Å². The van der Waals surface area contributed by atoms with Gasteiger partial charge in [0.05, 0.1) is 0 Å². The summed E-state index contributed by atoms with van der Waals surface area (Å²) in [5, 5.41) is 0. The predicted molar refractivity (Wildman–Crippen MR) is 344 cm³/mol. The molecule has 0 aliphatic carbocycles. The van der Waals surface area contributed by atoms with Crippen LogP contribution in [-0.2, 0) is 28.6 Å². The number of esters is 3. The molecule has 0 fully saturated rings. The highest BCUT2D eigenvalue weighted by atomic mass is 16.6. The summed E-state index contributed by atoms with van der Waals surface area (Å²) in [5.74, 6) is -0.862. The van der Waals surface area contributed by atoms with Crippen molar-refractivity contribution in [3.05, 3.63) is 48.6 Å². The Balaban J connectivity index is 4.36. The molecule has 1 unspecified atom stereocenters. The fourth-order valence-electron chi connectivity index (χ4n) is 10.5. The van der Waals surface area contributed by atoms with Gasteiger partial charge in [-0.05, 0) is 83.5 Å². The van der Waals surface area contributed by atoms with Crippen LogP contribution in [0.2, 0.25) is 0 Å². The van der Waals surface area contributed by atoms with Crippen molar-refractivity contribution < 1.29 is 28.6 Å². The maximum Gasteiger partial charge on any atom is 0.306 e. The van der Waals surface area contributed by atoms with Crippen molar-refractivity contribution in [1.82, 2.24) is 0 Å². The summed E-state index contributed by atoms with van der Waals surface area (Å²) in [7, 11) is 0. The van der Waals surface area contributed by atoms with Crippen LogP contribution in [-0.4, -0.2) is 37.2 Å². The first-order valence-corrected chi connectivity index (χ1v) is 35.1. The molecule has 0 spiro atoms. The lowest BCUT2D eigenvalue weighted by Gasteiger charge is -2.18. The average Bonchev–Trinajstić information content (AvgIpc) is 3.45. The lowest BCUT2D eigenvalue weighted by Crippen LogP contribution is -2.30. The number of carbonyl (C=O) groups excluding carboxylic acids is 3. The molecule has 0 aliphatic heterocycles. The van der Waals surface area contributed by atoms with Crippen molar-refractivity contribution in [3.63, 3.8) is 0 Å². The van der Waals surface area contributed by atoms with Crippen molar-refractivity contribution in [2.75, 3.05) is 13.2 Å². The van der Waals surface area contributed by atoms with E-state index in [0.29, 0.717) is 19.3 Å². The SMILES string of the molecule is CCCCCCC/C=C\C/C=C\C/C=C\CCCCCCCCC(=O)OCC(COC(=O)CCCCCCCCCCC/C=C\CCCCCCCC)OC(=O)CCCCCCCCCCCCCCCCCCCCCCC. The average molecular weight is 1110 g/mol. The van der Waals surface area contributed by atoms with Gasteiger partial charge in [-0.1, -0.05) is 326 Å². The highest BCUT2D eigenvalue weighted by Gasteiger charge is 2.19. The number of hydrogen-bond donors (Lipinski definition) is 0. The van der Waals surface area contributed by atoms with Gasteiger partial charge in [-0.2, -0.15) is 0 Å². The molecule has 0 amide bonds. The van der Waals surface area contributed by atoms with E-state index in [4.69, 9.17) is 14.2 Å². The van der Waals surface area contributed by atoms with Crippen LogP contribution in [0.3, 0.4) is 0 Å². The summed E-state index contributed by atoms with van der Waals surface area (Å²) in [4.78, 5) is 38.5. The molecule has 0 radical (unpaired) electrons. The summed E-state index contributed by atoms with van der Waals surface area (Å²) < 4.78 is 17.0. The lowest BCUT2D eigenvalue weighted by molar-refractivity contribution is -0.167. The van der Waals surface area contributed by atoms with Gasteiger partial charge in [0, 0.05) is 19.3 Å². The van der Waals surface area contributed by atoms with E-state index in [2.05, 4.69) is 69.4 Å². The molecule has 6 nitrogen and oxygen atoms in total. The Morgan fingerprint density at radius 2 is 0.456 bits per heavy atom. The van der Waals surface area contributed by atoms with E-state index < -0.39 is 6.10 Å². The van der Waals surface area contributed by atoms with E-state index in [1.54, 1.807) is 0 Å². The van der Waals surface area contributed by atoms with Gasteiger partial charge in [-0.3, -0.25) is 14.4 Å². The van der Waals surface area contributed by atoms with Crippen molar-refractivity contribution >= 4 is 17.9 Å². The third-order valence-electron chi connectivity index (χ3n) is 15.8. The molecule has 0 N–H and O–H groups in total. The number of ether oxygens (including phenoxy) is 3. The zero-order chi connectivity index (χ0) is 57.1. The van der Waals surface area contributed by atoms with Gasteiger partial charge in [-0.15, -0.1) is 0 Å². The normalized spacial score (nSPS) is 12.3. The molecule has 462 valence electrons. The van der Waals surface area contributed by atoms with Crippen LogP contribution in [0.4, 0.5) is 0 Å². The Labute approximate surface area is 492 Å². The Morgan fingerprint density at radius 3 is 0.722 bits per heavy atom. The van der Waals surface area contributed by atoms with Crippen LogP contribution in [0.1, 0.15) is 380 Å². The highest BCUT2D eigenvalue weighted by molar-refractivity contribution is 5.71. The van der Waals surface area contributed by atoms with Gasteiger partial charge in [0.1, 0.15) is 13.2 Å². The first-order valence-electron chi connectivity index (χ1n) is 35.1. The smallest absolute Gasteiger partial charge is 0.306 e. The molecule has 0 aromatic heterocycles. The van der Waals surface area contributed by atoms with E-state index in [-0.39, 0.29) is 31.1 Å². The summed E-state index contributed by atoms with van der Waals surface area (Å²) in [6.45, 7) is 6.68. The van der Waals surface area contributed by atoms with Crippen molar-refractivity contribution in [1.29, 1.82) is 0 Å². The van der Waals surface area contributed by atoms with E-state index in [1.165, 1.54) is 263 Å². The fourth-order valence-corrected chi connectivity index (χ4v) is 10.5. The minimum Gasteiger partial charge on any atom is -0.462 e. The minimum atomic E-state index is -0.779. The van der Waals surface area contributed by atoms with Crippen molar-refractivity contribution in [2.24, 2.45) is 0 Å². The largest absolute Gasteiger partial charge is 0.462 e. The van der Waals surface area contributed by atoms with Gasteiger partial charge >= 0.3 is 17.9 Å². The number of hydrogen-bond acceptors (Lipinski definition) is 6. The number of carbonyl (C=O) groups is 3. The molecule has 0 aliphatic rings. The second-order valence-corrected chi connectivity index (χ2v) is 23.8. The summed E-state index contributed by atoms with van der Waals surface area (Å²) >= 11 is 0. The summed E-state index contributed by atoms with van der Waals surface area (Å²) in [5.41, 5.74) is 0. The Kier molecular flexibility index (Phi) is 65.6. The first kappa shape index (κ1) is 76.4. The molecule has 0 saturated carbocycles. The van der Waals surface area contributed by atoms with Gasteiger partial charge in [0.25, 0.3) is 0 Å². The molecule has 0 saturated heterocycles. The quantitative estimate of drug-likeness (QED) is 0.0261. The summed E-state index contributed by atoms with van der Waals surface area (Å²) in [6.07, 6.45) is 85.5. The molecule has 1 atom stereocenters. The molecule has 0 aromatic rings. The molecular formula is C73H134O6.